The minimum atomic E-state index is -0.301. The maximum atomic E-state index is 12.4. The van der Waals surface area contributed by atoms with Crippen LogP contribution in [0.3, 0.4) is 0 Å². The highest BCUT2D eigenvalue weighted by Crippen LogP contribution is 2.22. The van der Waals surface area contributed by atoms with Crippen molar-refractivity contribution in [3.63, 3.8) is 0 Å². The number of ether oxygens (including phenoxy) is 1. The van der Waals surface area contributed by atoms with E-state index < -0.39 is 0 Å². The summed E-state index contributed by atoms with van der Waals surface area (Å²) in [6, 6.07) is 7.86. The Bertz CT molecular complexity index is 703. The predicted molar refractivity (Wildman–Crippen MR) is 107 cm³/mol. The fraction of sp³-hybridized carbons (Fsp3) is 0.500. The van der Waals surface area contributed by atoms with E-state index in [9.17, 15) is 4.79 Å². The SMILES string of the molecule is CC(C)Cn1ccc2cc(NC(=O)[C@H]3NCCO[C@@H]3C)ccc21.Cl.Cl. The van der Waals surface area contributed by atoms with Crippen molar-refractivity contribution in [2.24, 2.45) is 5.92 Å². The number of hydrogen-bond donors (Lipinski definition) is 2. The molecule has 1 aromatic heterocycles. The molecule has 0 aliphatic carbocycles. The quantitative estimate of drug-likeness (QED) is 0.844. The molecule has 0 bridgehead atoms. The molecule has 2 N–H and O–H groups in total. The zero-order valence-corrected chi connectivity index (χ0v) is 16.5. The summed E-state index contributed by atoms with van der Waals surface area (Å²) in [6.07, 6.45) is 1.99. The lowest BCUT2D eigenvalue weighted by molar-refractivity contribution is -0.123. The number of amides is 1. The summed E-state index contributed by atoms with van der Waals surface area (Å²) in [6.45, 7) is 8.70. The Balaban J connectivity index is 0.00000156. The summed E-state index contributed by atoms with van der Waals surface area (Å²) in [5.41, 5.74) is 2.02. The fourth-order valence-electron chi connectivity index (χ4n) is 3.08. The number of nitrogens with zero attached hydrogens (tertiary/aromatic N) is 1. The van der Waals surface area contributed by atoms with Gasteiger partial charge in [0.15, 0.2) is 0 Å². The fourth-order valence-corrected chi connectivity index (χ4v) is 3.08. The zero-order valence-electron chi connectivity index (χ0n) is 14.8. The highest BCUT2D eigenvalue weighted by atomic mass is 35.5. The lowest BCUT2D eigenvalue weighted by Gasteiger charge is -2.29. The van der Waals surface area contributed by atoms with Gasteiger partial charge in [0.25, 0.3) is 0 Å². The van der Waals surface area contributed by atoms with Crippen molar-refractivity contribution >= 4 is 47.3 Å². The number of aromatic nitrogens is 1. The number of carbonyl (C=O) groups excluding carboxylic acids is 1. The number of hydrogen-bond acceptors (Lipinski definition) is 3. The second kappa shape index (κ2) is 9.43. The second-order valence-corrected chi connectivity index (χ2v) is 6.63. The van der Waals surface area contributed by atoms with Crippen LogP contribution < -0.4 is 10.6 Å². The largest absolute Gasteiger partial charge is 0.375 e. The maximum Gasteiger partial charge on any atom is 0.244 e. The van der Waals surface area contributed by atoms with Crippen LogP contribution >= 0.6 is 24.8 Å². The summed E-state index contributed by atoms with van der Waals surface area (Å²) in [5, 5.41) is 7.35. The molecule has 0 spiro atoms. The van der Waals surface area contributed by atoms with E-state index in [0.29, 0.717) is 19.1 Å². The van der Waals surface area contributed by atoms with E-state index in [0.717, 1.165) is 17.6 Å². The van der Waals surface area contributed by atoms with Crippen LogP contribution in [0, 0.1) is 5.92 Å². The third-order valence-corrected chi connectivity index (χ3v) is 4.20. The number of rotatable bonds is 4. The number of fused-ring (bicyclic) bond motifs is 1. The van der Waals surface area contributed by atoms with E-state index >= 15 is 0 Å². The van der Waals surface area contributed by atoms with Crippen molar-refractivity contribution in [2.45, 2.75) is 39.5 Å². The first-order valence-corrected chi connectivity index (χ1v) is 8.29. The summed E-state index contributed by atoms with van der Waals surface area (Å²) < 4.78 is 7.79. The lowest BCUT2D eigenvalue weighted by atomic mass is 10.1. The van der Waals surface area contributed by atoms with Crippen molar-refractivity contribution < 1.29 is 9.53 Å². The average Bonchev–Trinajstić information content (AvgIpc) is 2.89. The molecule has 5 nitrogen and oxygen atoms in total. The van der Waals surface area contributed by atoms with E-state index in [1.165, 1.54) is 5.52 Å². The summed E-state index contributed by atoms with van der Waals surface area (Å²) >= 11 is 0. The molecule has 2 atom stereocenters. The van der Waals surface area contributed by atoms with Crippen LogP contribution in [0.1, 0.15) is 20.8 Å². The maximum absolute atomic E-state index is 12.4. The molecule has 0 radical (unpaired) electrons. The molecule has 140 valence electrons. The van der Waals surface area contributed by atoms with Gasteiger partial charge < -0.3 is 19.9 Å². The topological polar surface area (TPSA) is 55.3 Å². The highest BCUT2D eigenvalue weighted by Gasteiger charge is 2.28. The Morgan fingerprint density at radius 1 is 1.36 bits per heavy atom. The first-order valence-electron chi connectivity index (χ1n) is 8.29. The molecule has 2 heterocycles. The molecular weight excluding hydrogens is 361 g/mol. The summed E-state index contributed by atoms with van der Waals surface area (Å²) in [4.78, 5) is 12.4. The highest BCUT2D eigenvalue weighted by molar-refractivity contribution is 5.97. The van der Waals surface area contributed by atoms with Crippen LogP contribution in [0.2, 0.25) is 0 Å². The molecule has 2 aromatic rings. The van der Waals surface area contributed by atoms with Crippen LogP contribution in [0.5, 0.6) is 0 Å². The van der Waals surface area contributed by atoms with E-state index in [1.54, 1.807) is 0 Å². The van der Waals surface area contributed by atoms with E-state index in [-0.39, 0.29) is 42.9 Å². The van der Waals surface area contributed by atoms with E-state index in [1.807, 2.05) is 19.1 Å². The summed E-state index contributed by atoms with van der Waals surface area (Å²) in [5.74, 6) is 0.557. The van der Waals surface area contributed by atoms with Gasteiger partial charge in [-0.05, 0) is 37.1 Å². The molecule has 1 aliphatic rings. The monoisotopic (exact) mass is 387 g/mol. The van der Waals surface area contributed by atoms with Crippen molar-refractivity contribution in [3.8, 4) is 0 Å². The van der Waals surface area contributed by atoms with Crippen molar-refractivity contribution in [1.29, 1.82) is 0 Å². The second-order valence-electron chi connectivity index (χ2n) is 6.63. The van der Waals surface area contributed by atoms with Crippen LogP contribution in [-0.4, -0.2) is 35.8 Å². The lowest BCUT2D eigenvalue weighted by Crippen LogP contribution is -2.53. The van der Waals surface area contributed by atoms with Gasteiger partial charge in [-0.25, -0.2) is 0 Å². The standard InChI is InChI=1S/C18H25N3O2.2ClH/c1-12(2)11-21-8-6-14-10-15(4-5-16(14)21)20-18(22)17-13(3)23-9-7-19-17;;/h4-6,8,10,12-13,17,19H,7,9,11H2,1-3H3,(H,20,22);2*1H/t13-,17+;;/m1../s1. The predicted octanol–water partition coefficient (Wildman–Crippen LogP) is 3.46. The normalized spacial score (nSPS) is 20.0. The van der Waals surface area contributed by atoms with Crippen LogP contribution in [0.15, 0.2) is 30.5 Å². The molecule has 1 amide bonds. The third-order valence-electron chi connectivity index (χ3n) is 4.20. The van der Waals surface area contributed by atoms with Crippen LogP contribution in [0.4, 0.5) is 5.69 Å². The van der Waals surface area contributed by atoms with Gasteiger partial charge in [0, 0.05) is 35.9 Å². The van der Waals surface area contributed by atoms with Gasteiger partial charge in [0.05, 0.1) is 12.7 Å². The molecule has 1 saturated heterocycles. The number of morpholine rings is 1. The number of halogens is 2. The van der Waals surface area contributed by atoms with Crippen molar-refractivity contribution in [3.05, 3.63) is 30.5 Å². The molecule has 0 unspecified atom stereocenters. The number of benzene rings is 1. The molecule has 25 heavy (non-hydrogen) atoms. The average molecular weight is 388 g/mol. The molecule has 1 aliphatic heterocycles. The number of anilines is 1. The Kier molecular flexibility index (Phi) is 8.22. The van der Waals surface area contributed by atoms with Crippen LogP contribution in [-0.2, 0) is 16.1 Å². The number of nitrogens with one attached hydrogen (secondary N) is 2. The molecule has 0 saturated carbocycles. The molecule has 7 heteroatoms. The van der Waals surface area contributed by atoms with Gasteiger partial charge >= 0.3 is 0 Å². The van der Waals surface area contributed by atoms with Crippen molar-refractivity contribution in [1.82, 2.24) is 9.88 Å². The molecule has 1 aromatic carbocycles. The smallest absolute Gasteiger partial charge is 0.244 e. The summed E-state index contributed by atoms with van der Waals surface area (Å²) in [7, 11) is 0. The van der Waals surface area contributed by atoms with Gasteiger partial charge in [-0.2, -0.15) is 0 Å². The van der Waals surface area contributed by atoms with E-state index in [4.69, 9.17) is 4.74 Å². The van der Waals surface area contributed by atoms with Crippen LogP contribution in [0.25, 0.3) is 10.9 Å². The van der Waals surface area contributed by atoms with Gasteiger partial charge in [-0.15, -0.1) is 24.8 Å². The van der Waals surface area contributed by atoms with Gasteiger partial charge in [-0.3, -0.25) is 4.79 Å². The van der Waals surface area contributed by atoms with Gasteiger partial charge in [-0.1, -0.05) is 13.8 Å². The van der Waals surface area contributed by atoms with Gasteiger partial charge in [0.1, 0.15) is 6.04 Å². The van der Waals surface area contributed by atoms with Crippen molar-refractivity contribution in [2.75, 3.05) is 18.5 Å². The Labute approximate surface area is 161 Å². The minimum Gasteiger partial charge on any atom is -0.375 e. The van der Waals surface area contributed by atoms with E-state index in [2.05, 4.69) is 47.4 Å². The third kappa shape index (κ3) is 5.11. The minimum absolute atomic E-state index is 0. The molecular formula is C18H27Cl2N3O2. The molecule has 3 rings (SSSR count). The number of carbonyl (C=O) groups is 1. The first-order chi connectivity index (χ1) is 11.0. The first kappa shape index (κ1) is 21.8. The Morgan fingerprint density at radius 3 is 2.80 bits per heavy atom. The van der Waals surface area contributed by atoms with Gasteiger partial charge in [0.2, 0.25) is 5.91 Å². The Hall–Kier alpha value is -1.27. The molecule has 1 fully saturated rings. The Morgan fingerprint density at radius 2 is 2.12 bits per heavy atom. The zero-order chi connectivity index (χ0) is 16.4.